The molecule has 0 spiro atoms. The van der Waals surface area contributed by atoms with Gasteiger partial charge in [0.05, 0.1) is 40.1 Å². The first-order valence-electron chi connectivity index (χ1n) is 15.3. The number of sulfonamides is 1. The number of rotatable bonds is 10. The number of benzene rings is 3. The number of fused-ring (bicyclic) bond motifs is 1. The number of imidazole rings is 1. The average Bonchev–Trinajstić information content (AvgIpc) is 3.50. The number of aromatic amines is 1. The normalized spacial score (nSPS) is 21.0. The molecular formula is C32H37N7O11S. The van der Waals surface area contributed by atoms with E-state index in [-0.39, 0.29) is 28.4 Å². The molecule has 0 saturated carbocycles. The standard InChI is InChI=1S/C32H37N7O11S/c1-32(2,31(47)36-11-21(42)39-23-26(45)25(44)20(12-40)50-30(23)46)16-10-15(29-37-17-8-7-13(28(33)34)9-18(17)38-29)24(43)22(27(16)51(35,48)49)14-5-3-4-6-19(14)41/h3-10,20,23,25-26,30,40-41,43-46H,11-12H2,1-2H3,(H3,33,34)(H,36,47)(H,37,38)(H,39,42)(H2,35,48,49). The van der Waals surface area contributed by atoms with Gasteiger partial charge in [0.15, 0.2) is 6.29 Å². The number of carbonyl (C=O) groups is 2. The summed E-state index contributed by atoms with van der Waals surface area (Å²) in [5, 5.41) is 80.5. The second-order valence-corrected chi connectivity index (χ2v) is 13.9. The molecule has 5 unspecified atom stereocenters. The van der Waals surface area contributed by atoms with Crippen LogP contribution in [0.25, 0.3) is 33.5 Å². The summed E-state index contributed by atoms with van der Waals surface area (Å²) >= 11 is 0. The van der Waals surface area contributed by atoms with Gasteiger partial charge in [-0.05, 0) is 49.7 Å². The summed E-state index contributed by atoms with van der Waals surface area (Å²) in [5.74, 6) is -3.16. The van der Waals surface area contributed by atoms with Gasteiger partial charge in [0.25, 0.3) is 0 Å². The van der Waals surface area contributed by atoms with Crippen LogP contribution in [0, 0.1) is 5.41 Å². The Balaban J connectivity index is 1.58. The van der Waals surface area contributed by atoms with Crippen molar-refractivity contribution in [3.8, 4) is 34.0 Å². The molecule has 0 bridgehead atoms. The van der Waals surface area contributed by atoms with Crippen molar-refractivity contribution in [3.63, 3.8) is 0 Å². The number of nitrogens with two attached hydrogens (primary N) is 2. The minimum absolute atomic E-state index is 0.00937. The number of amidine groups is 1. The van der Waals surface area contributed by atoms with Crippen molar-refractivity contribution in [1.82, 2.24) is 20.6 Å². The van der Waals surface area contributed by atoms with Crippen molar-refractivity contribution >= 4 is 38.7 Å². The highest BCUT2D eigenvalue weighted by Gasteiger charge is 2.45. The van der Waals surface area contributed by atoms with Crippen LogP contribution in [0.3, 0.4) is 0 Å². The maximum Gasteiger partial charge on any atom is 0.239 e. The molecular weight excluding hydrogens is 690 g/mol. The van der Waals surface area contributed by atoms with Crippen molar-refractivity contribution in [2.45, 2.75) is 54.8 Å². The number of para-hydroxylation sites is 1. The van der Waals surface area contributed by atoms with Crippen molar-refractivity contribution in [2.24, 2.45) is 10.9 Å². The summed E-state index contributed by atoms with van der Waals surface area (Å²) < 4.78 is 31.7. The second kappa shape index (κ2) is 13.9. The first-order chi connectivity index (χ1) is 23.9. The summed E-state index contributed by atoms with van der Waals surface area (Å²) in [5.41, 5.74) is 3.98. The van der Waals surface area contributed by atoms with Gasteiger partial charge in [-0.1, -0.05) is 18.2 Å². The number of amides is 2. The predicted octanol–water partition coefficient (Wildman–Crippen LogP) is -1.45. The molecule has 1 fully saturated rings. The van der Waals surface area contributed by atoms with E-state index in [1.807, 2.05) is 0 Å². The second-order valence-electron chi connectivity index (χ2n) is 12.4. The molecule has 1 aromatic heterocycles. The number of nitrogens with one attached hydrogen (secondary N) is 4. The molecule has 1 aliphatic rings. The van der Waals surface area contributed by atoms with E-state index in [4.69, 9.17) is 21.0 Å². The van der Waals surface area contributed by atoms with Gasteiger partial charge in [0, 0.05) is 16.7 Å². The Morgan fingerprint density at radius 1 is 1.06 bits per heavy atom. The Hall–Kier alpha value is -5.15. The van der Waals surface area contributed by atoms with E-state index in [2.05, 4.69) is 20.6 Å². The van der Waals surface area contributed by atoms with Crippen LogP contribution in [0.2, 0.25) is 0 Å². The number of aliphatic hydroxyl groups excluding tert-OH is 4. The van der Waals surface area contributed by atoms with E-state index >= 15 is 0 Å². The molecule has 51 heavy (non-hydrogen) atoms. The summed E-state index contributed by atoms with van der Waals surface area (Å²) in [6.07, 6.45) is -6.52. The van der Waals surface area contributed by atoms with Crippen molar-refractivity contribution in [1.29, 1.82) is 5.41 Å². The lowest BCUT2D eigenvalue weighted by Gasteiger charge is -2.40. The number of aliphatic hydroxyl groups is 4. The van der Waals surface area contributed by atoms with Crippen LogP contribution in [0.5, 0.6) is 11.5 Å². The van der Waals surface area contributed by atoms with Crippen LogP contribution < -0.4 is 21.5 Å². The van der Waals surface area contributed by atoms with Crippen molar-refractivity contribution in [2.75, 3.05) is 13.2 Å². The Bertz CT molecular complexity index is 2140. The number of H-pyrrole nitrogens is 1. The number of aromatic hydroxyl groups is 2. The predicted molar refractivity (Wildman–Crippen MR) is 181 cm³/mol. The Morgan fingerprint density at radius 2 is 1.75 bits per heavy atom. The molecule has 1 aliphatic heterocycles. The Morgan fingerprint density at radius 3 is 2.37 bits per heavy atom. The highest BCUT2D eigenvalue weighted by molar-refractivity contribution is 7.89. The number of nitrogens with zero attached hydrogens (tertiary/aromatic N) is 1. The number of aromatic nitrogens is 2. The number of nitrogen functional groups attached to an aromatic ring is 1. The number of primary sulfonamides is 1. The minimum Gasteiger partial charge on any atom is -0.507 e. The average molecular weight is 728 g/mol. The van der Waals surface area contributed by atoms with Crippen molar-refractivity contribution < 1.29 is 53.4 Å². The topological polar surface area (TPSA) is 328 Å². The Kier molecular flexibility index (Phi) is 10.1. The summed E-state index contributed by atoms with van der Waals surface area (Å²) in [6.45, 7) is 1.17. The molecule has 5 atom stereocenters. The molecule has 4 aromatic rings. The number of carbonyl (C=O) groups excluding carboxylic acids is 2. The molecule has 3 aromatic carbocycles. The lowest BCUT2D eigenvalue weighted by Crippen LogP contribution is -2.64. The largest absolute Gasteiger partial charge is 0.507 e. The fourth-order valence-corrected chi connectivity index (χ4v) is 6.94. The maximum absolute atomic E-state index is 13.8. The molecule has 5 rings (SSSR count). The third-order valence-electron chi connectivity index (χ3n) is 8.64. The Labute approximate surface area is 290 Å². The van der Waals surface area contributed by atoms with Crippen LogP contribution in [0.4, 0.5) is 0 Å². The quantitative estimate of drug-likeness (QED) is 0.0658. The van der Waals surface area contributed by atoms with E-state index in [0.717, 1.165) is 0 Å². The zero-order valence-corrected chi connectivity index (χ0v) is 28.0. The molecule has 0 radical (unpaired) electrons. The summed E-state index contributed by atoms with van der Waals surface area (Å²) in [7, 11) is -4.79. The monoisotopic (exact) mass is 727 g/mol. The number of hydrogen-bond donors (Lipinski definition) is 12. The van der Waals surface area contributed by atoms with Gasteiger partial charge >= 0.3 is 0 Å². The van der Waals surface area contributed by atoms with Gasteiger partial charge in [-0.3, -0.25) is 15.0 Å². The maximum atomic E-state index is 13.8. The number of hydrogen-bond acceptors (Lipinski definition) is 13. The fraction of sp³-hybridized carbons (Fsp3) is 0.312. The molecule has 0 aliphatic carbocycles. The van der Waals surface area contributed by atoms with Crippen LogP contribution >= 0.6 is 0 Å². The molecule has 14 N–H and O–H groups in total. The minimum atomic E-state index is -4.79. The van der Waals surface area contributed by atoms with Gasteiger partial charge < -0.3 is 56.7 Å². The molecule has 272 valence electrons. The first kappa shape index (κ1) is 37.1. The lowest BCUT2D eigenvalue weighted by molar-refractivity contribution is -0.253. The van der Waals surface area contributed by atoms with Gasteiger partial charge in [-0.2, -0.15) is 0 Å². The number of phenols is 2. The fourth-order valence-electron chi connectivity index (χ4n) is 5.83. The van der Waals surface area contributed by atoms with Gasteiger partial charge in [-0.25, -0.2) is 18.5 Å². The first-order valence-corrected chi connectivity index (χ1v) is 16.9. The highest BCUT2D eigenvalue weighted by Crippen LogP contribution is 2.48. The molecule has 1 saturated heterocycles. The van der Waals surface area contributed by atoms with E-state index < -0.39 is 93.0 Å². The van der Waals surface area contributed by atoms with Crippen LogP contribution in [0.1, 0.15) is 25.0 Å². The smallest absolute Gasteiger partial charge is 0.239 e. The molecule has 2 amide bonds. The number of phenolic OH excluding ortho intramolecular Hbond substituents is 2. The van der Waals surface area contributed by atoms with Gasteiger partial charge in [0.2, 0.25) is 21.8 Å². The van der Waals surface area contributed by atoms with Crippen LogP contribution in [-0.4, -0.2) is 110 Å². The van der Waals surface area contributed by atoms with Gasteiger partial charge in [-0.15, -0.1) is 0 Å². The number of ether oxygens (including phenoxy) is 1. The summed E-state index contributed by atoms with van der Waals surface area (Å²) in [4.78, 5) is 33.4. The third-order valence-corrected chi connectivity index (χ3v) is 9.63. The molecule has 18 nitrogen and oxygen atoms in total. The zero-order chi connectivity index (χ0) is 37.6. The lowest BCUT2D eigenvalue weighted by atomic mass is 9.80. The zero-order valence-electron chi connectivity index (χ0n) is 27.2. The van der Waals surface area contributed by atoms with Crippen LogP contribution in [0.15, 0.2) is 53.4 Å². The van der Waals surface area contributed by atoms with E-state index in [0.29, 0.717) is 16.6 Å². The van der Waals surface area contributed by atoms with Gasteiger partial charge in [0.1, 0.15) is 47.5 Å². The SMILES string of the molecule is CC(C)(C(=O)NCC(=O)NC1C(O)OC(CO)C(O)C1O)c1cc(-c2nc3ccc(C(=N)N)cc3[nH]2)c(O)c(-c2ccccc2O)c1S(N)(=O)=O. The van der Waals surface area contributed by atoms with E-state index in [1.165, 1.54) is 44.2 Å². The highest BCUT2D eigenvalue weighted by atomic mass is 32.2. The van der Waals surface area contributed by atoms with Crippen LogP contribution in [-0.2, 0) is 29.8 Å². The summed E-state index contributed by atoms with van der Waals surface area (Å²) in [6, 6.07) is 9.84. The molecule has 2 heterocycles. The van der Waals surface area contributed by atoms with E-state index in [9.17, 15) is 48.6 Å². The molecule has 19 heteroatoms. The third kappa shape index (κ3) is 7.08. The van der Waals surface area contributed by atoms with Crippen molar-refractivity contribution in [3.05, 3.63) is 59.7 Å². The van der Waals surface area contributed by atoms with E-state index in [1.54, 1.807) is 18.2 Å².